The first-order valence-corrected chi connectivity index (χ1v) is 8.86. The third-order valence-electron chi connectivity index (χ3n) is 4.09. The molecule has 1 atom stereocenters. The number of aryl methyl sites for hydroxylation is 1. The number of carbonyl (C=O) groups is 1. The fraction of sp³-hybridized carbons (Fsp3) is 0.500. The number of nitrogens with zero attached hydrogens (tertiary/aromatic N) is 2. The Kier molecular flexibility index (Phi) is 6.31. The molecule has 0 aliphatic rings. The molecule has 2 rings (SSSR count). The summed E-state index contributed by atoms with van der Waals surface area (Å²) in [5, 5.41) is 9.98. The van der Waals surface area contributed by atoms with Crippen LogP contribution in [0.2, 0.25) is 0 Å². The number of hydrogen-bond acceptors (Lipinski definition) is 3. The van der Waals surface area contributed by atoms with Crippen molar-refractivity contribution in [3.05, 3.63) is 46.0 Å². The van der Waals surface area contributed by atoms with E-state index in [4.69, 9.17) is 12.2 Å². The normalized spacial score (nSPS) is 12.4. The van der Waals surface area contributed by atoms with Crippen molar-refractivity contribution in [2.24, 2.45) is 0 Å². The van der Waals surface area contributed by atoms with Crippen molar-refractivity contribution in [3.8, 4) is 0 Å². The van der Waals surface area contributed by atoms with E-state index in [2.05, 4.69) is 60.6 Å². The van der Waals surface area contributed by atoms with Gasteiger partial charge in [-0.05, 0) is 42.6 Å². The second kappa shape index (κ2) is 8.24. The summed E-state index contributed by atoms with van der Waals surface area (Å²) in [5.74, 6) is 1.26. The predicted molar refractivity (Wildman–Crippen MR) is 98.5 cm³/mol. The van der Waals surface area contributed by atoms with Crippen LogP contribution in [0.5, 0.6) is 0 Å². The Hall–Kier alpha value is -1.95. The molecule has 130 valence electrons. The molecule has 1 heterocycles. The van der Waals surface area contributed by atoms with Crippen molar-refractivity contribution in [1.82, 2.24) is 20.1 Å². The number of rotatable bonds is 7. The molecule has 0 aliphatic heterocycles. The van der Waals surface area contributed by atoms with Crippen LogP contribution in [0.15, 0.2) is 24.3 Å². The minimum absolute atomic E-state index is 0.0468. The lowest BCUT2D eigenvalue weighted by Crippen LogP contribution is -2.30. The van der Waals surface area contributed by atoms with Crippen LogP contribution < -0.4 is 5.32 Å². The molecule has 1 unspecified atom stereocenters. The van der Waals surface area contributed by atoms with Crippen molar-refractivity contribution in [2.75, 3.05) is 0 Å². The van der Waals surface area contributed by atoms with E-state index in [1.165, 1.54) is 5.56 Å². The average molecular weight is 347 g/mol. The fourth-order valence-corrected chi connectivity index (χ4v) is 2.83. The number of amides is 1. The van der Waals surface area contributed by atoms with Crippen LogP contribution in [0, 0.1) is 4.77 Å². The summed E-state index contributed by atoms with van der Waals surface area (Å²) >= 11 is 5.22. The third-order valence-corrected chi connectivity index (χ3v) is 4.40. The second-order valence-corrected chi connectivity index (χ2v) is 6.78. The van der Waals surface area contributed by atoms with Crippen molar-refractivity contribution in [2.45, 2.75) is 59.0 Å². The zero-order valence-electron chi connectivity index (χ0n) is 14.8. The van der Waals surface area contributed by atoms with Crippen LogP contribution in [-0.2, 0) is 17.8 Å². The first-order chi connectivity index (χ1) is 11.4. The molecule has 0 spiro atoms. The highest BCUT2D eigenvalue weighted by Gasteiger charge is 2.13. The minimum Gasteiger partial charge on any atom is -0.348 e. The maximum absolute atomic E-state index is 12.4. The highest BCUT2D eigenvalue weighted by molar-refractivity contribution is 7.71. The number of carbonyl (C=O) groups excluding carboxylic acids is 1. The Morgan fingerprint density at radius 3 is 2.46 bits per heavy atom. The lowest BCUT2D eigenvalue weighted by atomic mass is 9.99. The summed E-state index contributed by atoms with van der Waals surface area (Å²) in [5.41, 5.74) is 2.39. The van der Waals surface area contributed by atoms with E-state index in [-0.39, 0.29) is 18.5 Å². The first kappa shape index (κ1) is 18.4. The molecule has 2 aromatic rings. The molecular weight excluding hydrogens is 320 g/mol. The Balaban J connectivity index is 2.01. The monoisotopic (exact) mass is 346 g/mol. The van der Waals surface area contributed by atoms with Crippen LogP contribution in [-0.4, -0.2) is 20.7 Å². The first-order valence-electron chi connectivity index (χ1n) is 8.45. The number of aromatic amines is 1. The molecule has 1 aromatic heterocycles. The average Bonchev–Trinajstić information content (AvgIpc) is 2.88. The van der Waals surface area contributed by atoms with Crippen molar-refractivity contribution >= 4 is 18.1 Å². The molecule has 6 heteroatoms. The lowest BCUT2D eigenvalue weighted by molar-refractivity contribution is -0.122. The van der Waals surface area contributed by atoms with Crippen LogP contribution in [0.4, 0.5) is 0 Å². The van der Waals surface area contributed by atoms with Gasteiger partial charge in [-0.15, -0.1) is 0 Å². The van der Waals surface area contributed by atoms with Crippen LogP contribution >= 0.6 is 12.2 Å². The van der Waals surface area contributed by atoms with Crippen LogP contribution in [0.25, 0.3) is 0 Å². The molecule has 0 fully saturated rings. The van der Waals surface area contributed by atoms with Crippen molar-refractivity contribution in [1.29, 1.82) is 0 Å². The van der Waals surface area contributed by atoms with E-state index >= 15 is 0 Å². The molecule has 2 N–H and O–H groups in total. The minimum atomic E-state index is -0.0645. The van der Waals surface area contributed by atoms with Crippen molar-refractivity contribution in [3.63, 3.8) is 0 Å². The molecule has 24 heavy (non-hydrogen) atoms. The Bertz CT molecular complexity index is 730. The summed E-state index contributed by atoms with van der Waals surface area (Å²) in [6.07, 6.45) is 1.76. The lowest BCUT2D eigenvalue weighted by Gasteiger charge is -2.16. The molecule has 5 nitrogen and oxygen atoms in total. The summed E-state index contributed by atoms with van der Waals surface area (Å²) < 4.78 is 2.26. The van der Waals surface area contributed by atoms with Gasteiger partial charge in [0.05, 0.1) is 6.04 Å². The van der Waals surface area contributed by atoms with Crippen LogP contribution in [0.1, 0.15) is 63.0 Å². The highest BCUT2D eigenvalue weighted by atomic mass is 32.1. The maximum Gasteiger partial charge on any atom is 0.240 e. The molecule has 1 aromatic carbocycles. The summed E-state index contributed by atoms with van der Waals surface area (Å²) in [6.45, 7) is 8.60. The number of nitrogens with one attached hydrogen (secondary N) is 2. The number of aromatic nitrogens is 3. The largest absolute Gasteiger partial charge is 0.348 e. The Morgan fingerprint density at radius 2 is 1.88 bits per heavy atom. The van der Waals surface area contributed by atoms with Crippen molar-refractivity contribution < 1.29 is 4.79 Å². The van der Waals surface area contributed by atoms with E-state index < -0.39 is 0 Å². The van der Waals surface area contributed by atoms with Gasteiger partial charge in [-0.25, -0.2) is 0 Å². The van der Waals surface area contributed by atoms with Gasteiger partial charge in [-0.2, -0.15) is 5.10 Å². The molecule has 0 saturated carbocycles. The number of hydrogen-bond donors (Lipinski definition) is 2. The van der Waals surface area contributed by atoms with Gasteiger partial charge in [-0.1, -0.05) is 45.0 Å². The molecule has 0 radical (unpaired) electrons. The zero-order valence-corrected chi connectivity index (χ0v) is 15.6. The SMILES string of the molecule is CCCc1n[nH]c(=S)n1CC(=O)NC(C)c1ccc(C(C)C)cc1. The quantitative estimate of drug-likeness (QED) is 0.748. The van der Waals surface area contributed by atoms with Gasteiger partial charge in [0.2, 0.25) is 5.91 Å². The van der Waals surface area contributed by atoms with Gasteiger partial charge in [0, 0.05) is 6.42 Å². The summed E-state index contributed by atoms with van der Waals surface area (Å²) in [4.78, 5) is 12.4. The molecular formula is C18H26N4OS. The summed E-state index contributed by atoms with van der Waals surface area (Å²) in [7, 11) is 0. The Morgan fingerprint density at radius 1 is 1.25 bits per heavy atom. The molecule has 1 amide bonds. The van der Waals surface area contributed by atoms with E-state index in [1.807, 2.05) is 6.92 Å². The molecule has 0 saturated heterocycles. The van der Waals surface area contributed by atoms with E-state index in [9.17, 15) is 4.79 Å². The third kappa shape index (κ3) is 4.54. The van der Waals surface area contributed by atoms with E-state index in [0.717, 1.165) is 24.2 Å². The van der Waals surface area contributed by atoms with Gasteiger partial charge < -0.3 is 5.32 Å². The maximum atomic E-state index is 12.4. The molecule has 0 aliphatic carbocycles. The number of H-pyrrole nitrogens is 1. The number of benzene rings is 1. The molecule has 0 bridgehead atoms. The van der Waals surface area contributed by atoms with Gasteiger partial charge in [0.1, 0.15) is 12.4 Å². The fourth-order valence-electron chi connectivity index (χ4n) is 2.61. The Labute approximate surface area is 148 Å². The van der Waals surface area contributed by atoms with E-state index in [0.29, 0.717) is 10.7 Å². The van der Waals surface area contributed by atoms with Gasteiger partial charge in [-0.3, -0.25) is 14.5 Å². The predicted octanol–water partition coefficient (Wildman–Crippen LogP) is 3.89. The zero-order chi connectivity index (χ0) is 17.7. The van der Waals surface area contributed by atoms with Gasteiger partial charge in [0.15, 0.2) is 4.77 Å². The highest BCUT2D eigenvalue weighted by Crippen LogP contribution is 2.18. The van der Waals surface area contributed by atoms with Gasteiger partial charge in [0.25, 0.3) is 0 Å². The van der Waals surface area contributed by atoms with E-state index in [1.54, 1.807) is 4.57 Å². The standard InChI is InChI=1S/C18H26N4OS/c1-5-6-16-20-21-18(24)22(16)11-17(23)19-13(4)15-9-7-14(8-10-15)12(2)3/h7-10,12-13H,5-6,11H2,1-4H3,(H,19,23)(H,21,24). The second-order valence-electron chi connectivity index (χ2n) is 6.39. The topological polar surface area (TPSA) is 62.7 Å². The smallest absolute Gasteiger partial charge is 0.240 e. The van der Waals surface area contributed by atoms with Crippen LogP contribution in [0.3, 0.4) is 0 Å². The summed E-state index contributed by atoms with van der Waals surface area (Å²) in [6, 6.07) is 8.34. The van der Waals surface area contributed by atoms with Gasteiger partial charge >= 0.3 is 0 Å².